The van der Waals surface area contributed by atoms with Gasteiger partial charge in [-0.3, -0.25) is 9.79 Å². The van der Waals surface area contributed by atoms with Crippen molar-refractivity contribution < 1.29 is 9.53 Å². The molecule has 3 aromatic rings. The van der Waals surface area contributed by atoms with Gasteiger partial charge in [-0.15, -0.1) is 5.10 Å². The van der Waals surface area contributed by atoms with Crippen LogP contribution in [0.2, 0.25) is 0 Å². The standard InChI is InChI=1S/C21H21N7O2S/c1-13-19(14-8-10-15(30-3)11-9-14)20(23-17-7-5-4-6-16(17)22-13)24-18(29)12-31-21-25-26-27-28(21)2/h4-11,19H,12H2,1-3H3,(H,23,24,29). The second kappa shape index (κ2) is 9.09. The van der Waals surface area contributed by atoms with Gasteiger partial charge in [-0.25, -0.2) is 9.67 Å². The lowest BCUT2D eigenvalue weighted by atomic mass is 9.93. The molecule has 9 nitrogen and oxygen atoms in total. The average molecular weight is 436 g/mol. The predicted octanol–water partition coefficient (Wildman–Crippen LogP) is 3.05. The summed E-state index contributed by atoms with van der Waals surface area (Å²) in [6.45, 7) is 1.94. The van der Waals surface area contributed by atoms with Crippen molar-refractivity contribution in [3.63, 3.8) is 0 Å². The summed E-state index contributed by atoms with van der Waals surface area (Å²) in [5, 5.41) is 14.8. The van der Waals surface area contributed by atoms with Crippen LogP contribution in [0.25, 0.3) is 0 Å². The third kappa shape index (κ3) is 4.64. The lowest BCUT2D eigenvalue weighted by molar-refractivity contribution is -0.117. The lowest BCUT2D eigenvalue weighted by Crippen LogP contribution is -2.38. The number of aryl methyl sites for hydroxylation is 1. The quantitative estimate of drug-likeness (QED) is 0.618. The molecule has 2 aromatic carbocycles. The van der Waals surface area contributed by atoms with E-state index in [1.807, 2.05) is 55.5 Å². The molecule has 158 valence electrons. The zero-order chi connectivity index (χ0) is 21.8. The number of thioether (sulfide) groups is 1. The van der Waals surface area contributed by atoms with Gasteiger partial charge >= 0.3 is 0 Å². The molecule has 1 aliphatic rings. The number of hydrogen-bond donors (Lipinski definition) is 1. The number of hydrogen-bond acceptors (Lipinski definition) is 8. The zero-order valence-corrected chi connectivity index (χ0v) is 18.1. The Bertz CT molecular complexity index is 1150. The highest BCUT2D eigenvalue weighted by atomic mass is 32.2. The number of nitrogens with one attached hydrogen (secondary N) is 1. The van der Waals surface area contributed by atoms with E-state index in [4.69, 9.17) is 14.7 Å². The number of amidine groups is 1. The number of carbonyl (C=O) groups is 1. The minimum Gasteiger partial charge on any atom is -0.497 e. The van der Waals surface area contributed by atoms with Gasteiger partial charge in [0.15, 0.2) is 0 Å². The molecule has 4 rings (SSSR count). The van der Waals surface area contributed by atoms with Crippen molar-refractivity contribution in [2.45, 2.75) is 18.0 Å². The first-order chi connectivity index (χ1) is 15.0. The fourth-order valence-electron chi connectivity index (χ4n) is 3.25. The van der Waals surface area contributed by atoms with Crippen LogP contribution in [0.3, 0.4) is 0 Å². The maximum absolute atomic E-state index is 12.8. The van der Waals surface area contributed by atoms with Crippen molar-refractivity contribution in [3.05, 3.63) is 54.1 Å². The van der Waals surface area contributed by atoms with E-state index in [9.17, 15) is 4.79 Å². The summed E-state index contributed by atoms with van der Waals surface area (Å²) in [5.41, 5.74) is 3.26. The SMILES string of the molecule is COc1ccc(C2C(C)=Nc3ccccc3N=C2NC(=O)CSc2nnnn2C)cc1. The summed E-state index contributed by atoms with van der Waals surface area (Å²) in [7, 11) is 3.35. The van der Waals surface area contributed by atoms with E-state index in [0.29, 0.717) is 16.7 Å². The molecule has 0 fully saturated rings. The first-order valence-electron chi connectivity index (χ1n) is 9.57. The molecule has 1 amide bonds. The second-order valence-corrected chi connectivity index (χ2v) is 7.81. The number of para-hydroxylation sites is 2. The lowest BCUT2D eigenvalue weighted by Gasteiger charge is -2.19. The van der Waals surface area contributed by atoms with Crippen molar-refractivity contribution in [1.29, 1.82) is 0 Å². The summed E-state index contributed by atoms with van der Waals surface area (Å²) in [5.74, 6) is 0.936. The molecule has 1 N–H and O–H groups in total. The molecule has 0 aliphatic carbocycles. The highest BCUT2D eigenvalue weighted by Gasteiger charge is 2.26. The predicted molar refractivity (Wildman–Crippen MR) is 120 cm³/mol. The third-order valence-electron chi connectivity index (χ3n) is 4.74. The van der Waals surface area contributed by atoms with Crippen LogP contribution in [-0.2, 0) is 11.8 Å². The summed E-state index contributed by atoms with van der Waals surface area (Å²) < 4.78 is 6.80. The number of ether oxygens (including phenoxy) is 1. The number of benzene rings is 2. The number of methoxy groups -OCH3 is 1. The van der Waals surface area contributed by atoms with E-state index in [2.05, 4.69) is 20.8 Å². The molecule has 0 saturated heterocycles. The van der Waals surface area contributed by atoms with Gasteiger partial charge in [-0.2, -0.15) is 0 Å². The van der Waals surface area contributed by atoms with Crippen molar-refractivity contribution in [2.75, 3.05) is 12.9 Å². The summed E-state index contributed by atoms with van der Waals surface area (Å²) in [6, 6.07) is 15.3. The molecule has 1 aromatic heterocycles. The molecule has 0 radical (unpaired) electrons. The maximum Gasteiger partial charge on any atom is 0.235 e. The largest absolute Gasteiger partial charge is 0.497 e. The second-order valence-electron chi connectivity index (χ2n) is 6.87. The minimum absolute atomic E-state index is 0.153. The summed E-state index contributed by atoms with van der Waals surface area (Å²) in [6.07, 6.45) is 0. The van der Waals surface area contributed by atoms with Crippen LogP contribution in [-0.4, -0.2) is 50.5 Å². The monoisotopic (exact) mass is 435 g/mol. The molecule has 1 atom stereocenters. The Hall–Kier alpha value is -3.53. The van der Waals surface area contributed by atoms with Gasteiger partial charge in [-0.1, -0.05) is 36.0 Å². The van der Waals surface area contributed by atoms with E-state index < -0.39 is 0 Å². The number of tetrazole rings is 1. The third-order valence-corrected chi connectivity index (χ3v) is 5.75. The molecular formula is C21H21N7O2S. The normalized spacial score (nSPS) is 15.4. The van der Waals surface area contributed by atoms with E-state index in [0.717, 1.165) is 22.7 Å². The molecular weight excluding hydrogens is 414 g/mol. The van der Waals surface area contributed by atoms with Crippen LogP contribution in [0.1, 0.15) is 18.4 Å². The molecule has 0 spiro atoms. The van der Waals surface area contributed by atoms with Crippen LogP contribution >= 0.6 is 11.8 Å². The Morgan fingerprint density at radius 3 is 2.48 bits per heavy atom. The van der Waals surface area contributed by atoms with E-state index in [1.165, 1.54) is 16.4 Å². The zero-order valence-electron chi connectivity index (χ0n) is 17.3. The van der Waals surface area contributed by atoms with Crippen LogP contribution in [0.4, 0.5) is 11.4 Å². The first-order valence-corrected chi connectivity index (χ1v) is 10.6. The molecule has 0 saturated carbocycles. The summed E-state index contributed by atoms with van der Waals surface area (Å²) >= 11 is 1.26. The van der Waals surface area contributed by atoms with E-state index in [1.54, 1.807) is 14.2 Å². The number of carbonyl (C=O) groups excluding carboxylic acids is 1. The summed E-state index contributed by atoms with van der Waals surface area (Å²) in [4.78, 5) is 22.3. The molecule has 31 heavy (non-hydrogen) atoms. The van der Waals surface area contributed by atoms with E-state index >= 15 is 0 Å². The Balaban J connectivity index is 1.64. The number of nitrogens with zero attached hydrogens (tertiary/aromatic N) is 6. The van der Waals surface area contributed by atoms with Gasteiger partial charge in [0, 0.05) is 12.8 Å². The Morgan fingerprint density at radius 1 is 1.13 bits per heavy atom. The molecule has 1 aliphatic heterocycles. The van der Waals surface area contributed by atoms with Gasteiger partial charge in [0.1, 0.15) is 11.6 Å². The number of aliphatic imine (C=N–C) groups is 2. The number of aromatic nitrogens is 4. The Kier molecular flexibility index (Phi) is 6.08. The smallest absolute Gasteiger partial charge is 0.235 e. The van der Waals surface area contributed by atoms with Gasteiger partial charge in [0.25, 0.3) is 0 Å². The van der Waals surface area contributed by atoms with Crippen LogP contribution < -0.4 is 10.1 Å². The van der Waals surface area contributed by atoms with Crippen molar-refractivity contribution in [2.24, 2.45) is 17.0 Å². The molecule has 0 bridgehead atoms. The molecule has 10 heteroatoms. The fourth-order valence-corrected chi connectivity index (χ4v) is 3.90. The van der Waals surface area contributed by atoms with Gasteiger partial charge < -0.3 is 10.1 Å². The van der Waals surface area contributed by atoms with Crippen molar-refractivity contribution in [1.82, 2.24) is 25.5 Å². The van der Waals surface area contributed by atoms with Gasteiger partial charge in [-0.05, 0) is 47.2 Å². The minimum atomic E-state index is -0.302. The fraction of sp³-hybridized carbons (Fsp3) is 0.238. The van der Waals surface area contributed by atoms with Crippen LogP contribution in [0, 0.1) is 0 Å². The first kappa shape index (κ1) is 20.7. The highest BCUT2D eigenvalue weighted by Crippen LogP contribution is 2.34. The van der Waals surface area contributed by atoms with Gasteiger partial charge in [0.2, 0.25) is 11.1 Å². The number of fused-ring (bicyclic) bond motifs is 1. The van der Waals surface area contributed by atoms with Crippen LogP contribution in [0.5, 0.6) is 5.75 Å². The molecule has 1 unspecified atom stereocenters. The molecule has 2 heterocycles. The number of amides is 1. The van der Waals surface area contributed by atoms with Gasteiger partial charge in [0.05, 0.1) is 30.2 Å². The Labute approximate surface area is 183 Å². The number of rotatable bonds is 5. The van der Waals surface area contributed by atoms with Crippen molar-refractivity contribution in [3.8, 4) is 5.75 Å². The topological polar surface area (TPSA) is 107 Å². The highest BCUT2D eigenvalue weighted by molar-refractivity contribution is 7.99. The van der Waals surface area contributed by atoms with Crippen LogP contribution in [0.15, 0.2) is 63.7 Å². The van der Waals surface area contributed by atoms with Crippen molar-refractivity contribution >= 4 is 40.6 Å². The maximum atomic E-state index is 12.8. The average Bonchev–Trinajstić information content (AvgIpc) is 3.12. The van der Waals surface area contributed by atoms with E-state index in [-0.39, 0.29) is 17.6 Å². The Morgan fingerprint density at radius 2 is 1.84 bits per heavy atom.